The SMILES string of the molecule is CCSc1ccc(N(C)C(=O)NC(=O)c2c(F)cccc2Cl)c(F)c1. The van der Waals surface area contributed by atoms with Crippen LogP contribution in [0.2, 0.25) is 5.02 Å². The van der Waals surface area contributed by atoms with Crippen LogP contribution in [0.25, 0.3) is 0 Å². The number of imide groups is 1. The van der Waals surface area contributed by atoms with Gasteiger partial charge in [0.2, 0.25) is 0 Å². The molecule has 0 saturated heterocycles. The second-order valence-corrected chi connectivity index (χ2v) is 6.71. The summed E-state index contributed by atoms with van der Waals surface area (Å²) < 4.78 is 27.9. The van der Waals surface area contributed by atoms with Crippen molar-refractivity contribution < 1.29 is 18.4 Å². The molecule has 0 aliphatic rings. The summed E-state index contributed by atoms with van der Waals surface area (Å²) in [5, 5.41) is 1.87. The standard InChI is InChI=1S/C17H15ClF2N2O2S/c1-3-25-10-7-8-14(13(20)9-10)22(2)17(24)21-16(23)15-11(18)5-4-6-12(15)19/h4-9H,3H2,1-2H3,(H,21,23,24). The van der Waals surface area contributed by atoms with Crippen molar-refractivity contribution in [3.63, 3.8) is 0 Å². The van der Waals surface area contributed by atoms with Crippen LogP contribution in [0.5, 0.6) is 0 Å². The monoisotopic (exact) mass is 384 g/mol. The second-order valence-electron chi connectivity index (χ2n) is 4.96. The summed E-state index contributed by atoms with van der Waals surface area (Å²) in [6.45, 7) is 1.94. The quantitative estimate of drug-likeness (QED) is 0.776. The number of nitrogens with one attached hydrogen (secondary N) is 1. The first-order valence-electron chi connectivity index (χ1n) is 7.30. The molecule has 0 aromatic heterocycles. The van der Waals surface area contributed by atoms with Gasteiger partial charge < -0.3 is 0 Å². The number of carbonyl (C=O) groups is 2. The molecule has 4 nitrogen and oxygen atoms in total. The third-order valence-electron chi connectivity index (χ3n) is 3.31. The van der Waals surface area contributed by atoms with Crippen LogP contribution >= 0.6 is 23.4 Å². The Morgan fingerprint density at radius 1 is 1.20 bits per heavy atom. The predicted octanol–water partition coefficient (Wildman–Crippen LogP) is 4.72. The minimum Gasteiger partial charge on any atom is -0.294 e. The number of hydrogen-bond donors (Lipinski definition) is 1. The highest BCUT2D eigenvalue weighted by Gasteiger charge is 2.22. The predicted molar refractivity (Wildman–Crippen MR) is 95.5 cm³/mol. The number of nitrogens with zero attached hydrogens (tertiary/aromatic N) is 1. The summed E-state index contributed by atoms with van der Waals surface area (Å²) in [6.07, 6.45) is 0. The lowest BCUT2D eigenvalue weighted by Gasteiger charge is -2.19. The Kier molecular flexibility index (Phi) is 6.39. The molecule has 0 aliphatic heterocycles. The molecule has 8 heteroatoms. The summed E-state index contributed by atoms with van der Waals surface area (Å²) in [4.78, 5) is 25.9. The van der Waals surface area contributed by atoms with E-state index in [4.69, 9.17) is 11.6 Å². The van der Waals surface area contributed by atoms with Gasteiger partial charge in [-0.1, -0.05) is 24.6 Å². The normalized spacial score (nSPS) is 10.4. The van der Waals surface area contributed by atoms with E-state index >= 15 is 0 Å². The smallest absolute Gasteiger partial charge is 0.294 e. The highest BCUT2D eigenvalue weighted by molar-refractivity contribution is 7.99. The topological polar surface area (TPSA) is 49.4 Å². The number of carbonyl (C=O) groups excluding carboxylic acids is 2. The van der Waals surface area contributed by atoms with Crippen LogP contribution in [-0.2, 0) is 0 Å². The molecule has 0 unspecified atom stereocenters. The number of urea groups is 1. The van der Waals surface area contributed by atoms with Crippen molar-refractivity contribution in [2.45, 2.75) is 11.8 Å². The average Bonchev–Trinajstić information content (AvgIpc) is 2.54. The molecule has 0 bridgehead atoms. The fourth-order valence-corrected chi connectivity index (χ4v) is 3.02. The fraction of sp³-hybridized carbons (Fsp3) is 0.176. The van der Waals surface area contributed by atoms with Crippen LogP contribution in [0.15, 0.2) is 41.3 Å². The lowest BCUT2D eigenvalue weighted by molar-refractivity contribution is 0.0962. The van der Waals surface area contributed by atoms with Gasteiger partial charge in [0.1, 0.15) is 11.6 Å². The van der Waals surface area contributed by atoms with Gasteiger partial charge in [-0.2, -0.15) is 0 Å². The van der Waals surface area contributed by atoms with Crippen LogP contribution in [0.3, 0.4) is 0 Å². The molecule has 0 radical (unpaired) electrons. The maximum atomic E-state index is 14.2. The highest BCUT2D eigenvalue weighted by atomic mass is 35.5. The van der Waals surface area contributed by atoms with Crippen molar-refractivity contribution in [1.29, 1.82) is 0 Å². The number of benzene rings is 2. The minimum atomic E-state index is -1.00. The first-order chi connectivity index (χ1) is 11.8. The van der Waals surface area contributed by atoms with Crippen molar-refractivity contribution in [2.75, 3.05) is 17.7 Å². The van der Waals surface area contributed by atoms with Crippen LogP contribution < -0.4 is 10.2 Å². The summed E-state index contributed by atoms with van der Waals surface area (Å²) in [6, 6.07) is 7.24. The summed E-state index contributed by atoms with van der Waals surface area (Å²) >= 11 is 7.25. The van der Waals surface area contributed by atoms with Crippen LogP contribution in [0.4, 0.5) is 19.3 Å². The van der Waals surface area contributed by atoms with Crippen LogP contribution in [0, 0.1) is 11.6 Å². The van der Waals surface area contributed by atoms with E-state index in [1.807, 2.05) is 12.2 Å². The second kappa shape index (κ2) is 8.31. The lowest BCUT2D eigenvalue weighted by atomic mass is 10.2. The molecule has 0 saturated carbocycles. The number of halogens is 3. The van der Waals surface area contributed by atoms with Crippen molar-refractivity contribution in [1.82, 2.24) is 5.32 Å². The van der Waals surface area contributed by atoms with E-state index in [9.17, 15) is 18.4 Å². The zero-order chi connectivity index (χ0) is 18.6. The summed E-state index contributed by atoms with van der Waals surface area (Å²) in [5.41, 5.74) is -0.452. The summed E-state index contributed by atoms with van der Waals surface area (Å²) in [7, 11) is 1.30. The lowest BCUT2D eigenvalue weighted by Crippen LogP contribution is -2.41. The van der Waals surface area contributed by atoms with Crippen LogP contribution in [-0.4, -0.2) is 24.7 Å². The molecular formula is C17H15ClF2N2O2S. The Labute approximate surface area is 153 Å². The van der Waals surface area contributed by atoms with E-state index < -0.39 is 29.1 Å². The first-order valence-corrected chi connectivity index (χ1v) is 8.67. The molecule has 1 N–H and O–H groups in total. The molecule has 0 spiro atoms. The zero-order valence-corrected chi connectivity index (χ0v) is 15.0. The number of amides is 3. The van der Waals surface area contributed by atoms with Gasteiger partial charge in [0, 0.05) is 11.9 Å². The van der Waals surface area contributed by atoms with E-state index in [-0.39, 0.29) is 10.7 Å². The molecule has 0 fully saturated rings. The van der Waals surface area contributed by atoms with Gasteiger partial charge in [0.25, 0.3) is 5.91 Å². The highest BCUT2D eigenvalue weighted by Crippen LogP contribution is 2.25. The van der Waals surface area contributed by atoms with Gasteiger partial charge in [-0.25, -0.2) is 13.6 Å². The average molecular weight is 385 g/mol. The number of hydrogen-bond acceptors (Lipinski definition) is 3. The third-order valence-corrected chi connectivity index (χ3v) is 4.50. The Bertz CT molecular complexity index is 797. The number of rotatable bonds is 4. The molecule has 2 aromatic carbocycles. The van der Waals surface area contributed by atoms with E-state index in [2.05, 4.69) is 0 Å². The van der Waals surface area contributed by atoms with Crippen molar-refractivity contribution >= 4 is 41.0 Å². The Morgan fingerprint density at radius 2 is 1.92 bits per heavy atom. The summed E-state index contributed by atoms with van der Waals surface area (Å²) in [5.74, 6) is -1.67. The van der Waals surface area contributed by atoms with Gasteiger partial charge in [-0.3, -0.25) is 15.0 Å². The van der Waals surface area contributed by atoms with Crippen molar-refractivity contribution in [3.05, 3.63) is 58.6 Å². The van der Waals surface area contributed by atoms with E-state index in [1.54, 1.807) is 6.07 Å². The fourth-order valence-electron chi connectivity index (χ4n) is 2.08. The molecule has 0 atom stereocenters. The molecular weight excluding hydrogens is 370 g/mol. The largest absolute Gasteiger partial charge is 0.328 e. The maximum absolute atomic E-state index is 14.2. The molecule has 0 heterocycles. The van der Waals surface area contributed by atoms with E-state index in [0.717, 1.165) is 21.6 Å². The molecule has 3 amide bonds. The molecule has 132 valence electrons. The van der Waals surface area contributed by atoms with Gasteiger partial charge in [0.05, 0.1) is 16.3 Å². The van der Waals surface area contributed by atoms with Crippen molar-refractivity contribution in [3.8, 4) is 0 Å². The zero-order valence-electron chi connectivity index (χ0n) is 13.5. The van der Waals surface area contributed by atoms with E-state index in [1.165, 1.54) is 43.1 Å². The minimum absolute atomic E-state index is 0.00890. The molecule has 2 rings (SSSR count). The Hall–Kier alpha value is -2.12. The van der Waals surface area contributed by atoms with Gasteiger partial charge >= 0.3 is 6.03 Å². The van der Waals surface area contributed by atoms with Crippen LogP contribution in [0.1, 0.15) is 17.3 Å². The Morgan fingerprint density at radius 3 is 2.52 bits per heavy atom. The van der Waals surface area contributed by atoms with Gasteiger partial charge in [-0.05, 0) is 36.1 Å². The van der Waals surface area contributed by atoms with Gasteiger partial charge in [-0.15, -0.1) is 11.8 Å². The molecule has 0 aliphatic carbocycles. The Balaban J connectivity index is 2.16. The number of thioether (sulfide) groups is 1. The van der Waals surface area contributed by atoms with Gasteiger partial charge in [0.15, 0.2) is 0 Å². The van der Waals surface area contributed by atoms with E-state index in [0.29, 0.717) is 0 Å². The maximum Gasteiger partial charge on any atom is 0.328 e. The molecule has 2 aromatic rings. The number of anilines is 1. The molecule has 25 heavy (non-hydrogen) atoms. The first kappa shape index (κ1) is 19.2. The third kappa shape index (κ3) is 4.49. The van der Waals surface area contributed by atoms with Crippen molar-refractivity contribution in [2.24, 2.45) is 0 Å².